The van der Waals surface area contributed by atoms with Gasteiger partial charge in [0.05, 0.1) is 24.3 Å². The zero-order chi connectivity index (χ0) is 29.6. The molecular formula is C26H32F3N7O5. The van der Waals surface area contributed by atoms with Gasteiger partial charge in [-0.3, -0.25) is 23.7 Å². The smallest absolute Gasteiger partial charge is 0.414 e. The summed E-state index contributed by atoms with van der Waals surface area (Å²) in [4.78, 5) is 50.4. The van der Waals surface area contributed by atoms with Crippen LogP contribution in [0, 0.1) is 23.7 Å². The Morgan fingerprint density at radius 3 is 2.32 bits per heavy atom. The van der Waals surface area contributed by atoms with E-state index in [0.29, 0.717) is 17.5 Å². The number of rotatable bonds is 10. The van der Waals surface area contributed by atoms with Crippen molar-refractivity contribution in [2.75, 3.05) is 5.32 Å². The molecule has 2 saturated carbocycles. The van der Waals surface area contributed by atoms with E-state index in [0.717, 1.165) is 25.7 Å². The standard InChI is InChI=1S/C26H32F3N7O5/c1-13(2)36-18(7-8-30-36)22(37)33-21(20(14-3-4-14)15-5-6-15)23(38)32-17-10-31-34(12-17)11-16-9-19(26(27,28)29)35(24(16)39)25(40)41/h7-8,10,12-16,19-21H,3-6,9,11H2,1-2H3,(H,32,38)(H,33,37)(H,40,41)/t16-,19-,21?/m1/s1. The van der Waals surface area contributed by atoms with E-state index >= 15 is 0 Å². The molecule has 2 aromatic rings. The fraction of sp³-hybridized carbons (Fsp3) is 0.615. The van der Waals surface area contributed by atoms with Crippen molar-refractivity contribution < 1.29 is 37.5 Å². The van der Waals surface area contributed by atoms with Crippen LogP contribution in [0.25, 0.3) is 0 Å². The number of halogens is 3. The summed E-state index contributed by atoms with van der Waals surface area (Å²) < 4.78 is 42.8. The molecule has 5 rings (SSSR count). The molecule has 0 radical (unpaired) electrons. The second-order valence-electron chi connectivity index (χ2n) is 11.4. The molecule has 2 aliphatic carbocycles. The van der Waals surface area contributed by atoms with Gasteiger partial charge in [-0.25, -0.2) is 9.69 Å². The quantitative estimate of drug-likeness (QED) is 0.391. The molecule has 3 heterocycles. The fourth-order valence-corrected chi connectivity index (χ4v) is 5.81. The molecule has 0 bridgehead atoms. The number of anilines is 1. The Bertz CT molecular complexity index is 1320. The number of amides is 4. The predicted octanol–water partition coefficient (Wildman–Crippen LogP) is 3.29. The third-order valence-electron chi connectivity index (χ3n) is 7.98. The van der Waals surface area contributed by atoms with Crippen molar-refractivity contribution in [1.29, 1.82) is 0 Å². The number of carboxylic acid groups (broad SMARTS) is 1. The van der Waals surface area contributed by atoms with Gasteiger partial charge in [0.15, 0.2) is 0 Å². The number of carbonyl (C=O) groups excluding carboxylic acids is 3. The highest BCUT2D eigenvalue weighted by Gasteiger charge is 2.55. The number of alkyl halides is 3. The fourth-order valence-electron chi connectivity index (χ4n) is 5.81. The summed E-state index contributed by atoms with van der Waals surface area (Å²) in [6.07, 6.45) is 0.526. The minimum atomic E-state index is -4.89. The lowest BCUT2D eigenvalue weighted by Gasteiger charge is -2.27. The number of nitrogens with one attached hydrogen (secondary N) is 2. The van der Waals surface area contributed by atoms with Gasteiger partial charge in [-0.1, -0.05) is 0 Å². The lowest BCUT2D eigenvalue weighted by atomic mass is 9.88. The number of aromatic nitrogens is 4. The first kappa shape index (κ1) is 28.6. The third-order valence-corrected chi connectivity index (χ3v) is 7.98. The first-order chi connectivity index (χ1) is 19.3. The van der Waals surface area contributed by atoms with Gasteiger partial charge in [0.2, 0.25) is 11.8 Å². The molecule has 222 valence electrons. The van der Waals surface area contributed by atoms with E-state index in [1.807, 2.05) is 13.8 Å². The van der Waals surface area contributed by atoms with Crippen LogP contribution in [0.4, 0.5) is 23.7 Å². The van der Waals surface area contributed by atoms with Crippen molar-refractivity contribution in [2.24, 2.45) is 23.7 Å². The van der Waals surface area contributed by atoms with E-state index in [2.05, 4.69) is 20.8 Å². The maximum atomic E-state index is 13.6. The Labute approximate surface area is 233 Å². The molecule has 3 atom stereocenters. The van der Waals surface area contributed by atoms with Gasteiger partial charge >= 0.3 is 12.3 Å². The highest BCUT2D eigenvalue weighted by atomic mass is 19.4. The summed E-state index contributed by atoms with van der Waals surface area (Å²) in [7, 11) is 0. The molecule has 12 nitrogen and oxygen atoms in total. The van der Waals surface area contributed by atoms with Crippen molar-refractivity contribution in [3.05, 3.63) is 30.4 Å². The molecule has 3 fully saturated rings. The minimum Gasteiger partial charge on any atom is -0.465 e. The molecule has 4 amide bonds. The minimum absolute atomic E-state index is 0.0400. The second-order valence-corrected chi connectivity index (χ2v) is 11.4. The maximum Gasteiger partial charge on any atom is 0.414 e. The van der Waals surface area contributed by atoms with E-state index in [-0.39, 0.29) is 29.1 Å². The molecule has 41 heavy (non-hydrogen) atoms. The van der Waals surface area contributed by atoms with Gasteiger partial charge < -0.3 is 15.7 Å². The van der Waals surface area contributed by atoms with E-state index in [9.17, 15) is 32.3 Å². The van der Waals surface area contributed by atoms with Crippen LogP contribution < -0.4 is 10.6 Å². The summed E-state index contributed by atoms with van der Waals surface area (Å²) in [5.74, 6) is -2.66. The molecule has 0 aromatic carbocycles. The molecular weight excluding hydrogens is 547 g/mol. The highest BCUT2D eigenvalue weighted by molar-refractivity contribution is 6.00. The van der Waals surface area contributed by atoms with E-state index in [1.54, 1.807) is 10.7 Å². The molecule has 1 unspecified atom stereocenters. The van der Waals surface area contributed by atoms with Crippen molar-refractivity contribution >= 4 is 29.5 Å². The van der Waals surface area contributed by atoms with Crippen molar-refractivity contribution in [3.63, 3.8) is 0 Å². The Morgan fingerprint density at radius 1 is 1.12 bits per heavy atom. The number of hydrogen-bond acceptors (Lipinski definition) is 6. The number of likely N-dealkylation sites (tertiary alicyclic amines) is 1. The topological polar surface area (TPSA) is 151 Å². The third kappa shape index (κ3) is 6.07. The summed E-state index contributed by atoms with van der Waals surface area (Å²) >= 11 is 0. The van der Waals surface area contributed by atoms with Gasteiger partial charge in [0, 0.05) is 18.4 Å². The van der Waals surface area contributed by atoms with Crippen molar-refractivity contribution in [2.45, 2.75) is 76.8 Å². The monoisotopic (exact) mass is 579 g/mol. The number of nitrogens with zero attached hydrogens (tertiary/aromatic N) is 5. The lowest BCUT2D eigenvalue weighted by molar-refractivity contribution is -0.175. The van der Waals surface area contributed by atoms with Crippen LogP contribution in [0.3, 0.4) is 0 Å². The van der Waals surface area contributed by atoms with Gasteiger partial charge in [-0.2, -0.15) is 23.4 Å². The van der Waals surface area contributed by atoms with Gasteiger partial charge in [0.25, 0.3) is 5.91 Å². The number of carbonyl (C=O) groups is 4. The van der Waals surface area contributed by atoms with Crippen LogP contribution in [0.5, 0.6) is 0 Å². The number of imide groups is 1. The molecule has 3 aliphatic rings. The van der Waals surface area contributed by atoms with Crippen LogP contribution in [0.2, 0.25) is 0 Å². The van der Waals surface area contributed by atoms with E-state index in [4.69, 9.17) is 5.11 Å². The molecule has 1 aliphatic heterocycles. The highest BCUT2D eigenvalue weighted by Crippen LogP contribution is 2.51. The Morgan fingerprint density at radius 2 is 1.78 bits per heavy atom. The largest absolute Gasteiger partial charge is 0.465 e. The summed E-state index contributed by atoms with van der Waals surface area (Å²) in [6, 6.07) is -1.72. The van der Waals surface area contributed by atoms with Crippen LogP contribution >= 0.6 is 0 Å². The molecule has 2 aromatic heterocycles. The summed E-state index contributed by atoms with van der Waals surface area (Å²) in [6.45, 7) is 3.49. The molecule has 0 spiro atoms. The first-order valence-corrected chi connectivity index (χ1v) is 13.7. The molecule has 3 N–H and O–H groups in total. The molecule has 15 heteroatoms. The Hall–Kier alpha value is -3.91. The van der Waals surface area contributed by atoms with Gasteiger partial charge in [-0.05, 0) is 69.8 Å². The summed E-state index contributed by atoms with van der Waals surface area (Å²) in [5, 5.41) is 23.1. The van der Waals surface area contributed by atoms with Gasteiger partial charge in [0.1, 0.15) is 17.8 Å². The summed E-state index contributed by atoms with van der Waals surface area (Å²) in [5.41, 5.74) is 0.574. The van der Waals surface area contributed by atoms with Crippen LogP contribution in [-0.4, -0.2) is 71.6 Å². The van der Waals surface area contributed by atoms with Crippen LogP contribution in [0.1, 0.15) is 62.5 Å². The predicted molar refractivity (Wildman–Crippen MR) is 136 cm³/mol. The zero-order valence-electron chi connectivity index (χ0n) is 22.5. The molecule has 1 saturated heterocycles. The Kier molecular flexibility index (Phi) is 7.55. The second kappa shape index (κ2) is 10.8. The van der Waals surface area contributed by atoms with E-state index < -0.39 is 54.4 Å². The van der Waals surface area contributed by atoms with Crippen LogP contribution in [0.15, 0.2) is 24.7 Å². The maximum absolute atomic E-state index is 13.6. The SMILES string of the molecule is CC(C)n1nccc1C(=O)NC(C(=O)Nc1cnn(C[C@H]2C[C@H](C(F)(F)F)N(C(=O)O)C2=O)c1)C(C1CC1)C1CC1. The first-order valence-electron chi connectivity index (χ1n) is 13.7. The van der Waals surface area contributed by atoms with Crippen LogP contribution in [-0.2, 0) is 16.1 Å². The van der Waals surface area contributed by atoms with Crippen molar-refractivity contribution in [1.82, 2.24) is 29.8 Å². The van der Waals surface area contributed by atoms with E-state index in [1.165, 1.54) is 23.3 Å². The van der Waals surface area contributed by atoms with Crippen molar-refractivity contribution in [3.8, 4) is 0 Å². The normalized spacial score (nSPS) is 21.9. The Balaban J connectivity index is 1.29. The number of hydrogen-bond donors (Lipinski definition) is 3. The average Bonchev–Trinajstić information content (AvgIpc) is 3.78. The lowest BCUT2D eigenvalue weighted by Crippen LogP contribution is -2.50. The van der Waals surface area contributed by atoms with Gasteiger partial charge in [-0.15, -0.1) is 0 Å². The zero-order valence-corrected chi connectivity index (χ0v) is 22.5. The average molecular weight is 580 g/mol.